The van der Waals surface area contributed by atoms with E-state index in [1.54, 1.807) is 26.1 Å². The first-order valence-electron chi connectivity index (χ1n) is 8.37. The first-order valence-corrected chi connectivity index (χ1v) is 9.98. The molecule has 0 saturated heterocycles. The van der Waals surface area contributed by atoms with Gasteiger partial charge in [0.15, 0.2) is 0 Å². The molecule has 0 unspecified atom stereocenters. The maximum absolute atomic E-state index is 13.7. The third-order valence-electron chi connectivity index (χ3n) is 4.23. The van der Waals surface area contributed by atoms with Gasteiger partial charge in [0, 0.05) is 28.2 Å². The number of fused-ring (bicyclic) bond motifs is 1. The molecule has 0 atom stereocenters. The van der Waals surface area contributed by atoms with Gasteiger partial charge in [-0.25, -0.2) is 4.39 Å². The van der Waals surface area contributed by atoms with Gasteiger partial charge in [-0.3, -0.25) is 14.7 Å². The Hall–Kier alpha value is -2.71. The molecule has 2 aromatic carbocycles. The molecule has 4 rings (SSSR count). The molecule has 0 fully saturated rings. The first-order chi connectivity index (χ1) is 13.4. The van der Waals surface area contributed by atoms with Crippen molar-refractivity contribution >= 4 is 49.2 Å². The second-order valence-electron chi connectivity index (χ2n) is 6.23. The molecular formula is C20H14BrFN4OS. The Morgan fingerprint density at radius 3 is 2.61 bits per heavy atom. The van der Waals surface area contributed by atoms with Gasteiger partial charge >= 0.3 is 0 Å². The predicted molar refractivity (Wildman–Crippen MR) is 112 cm³/mol. The first kappa shape index (κ1) is 18.6. The number of carbonyl (C=O) groups excluding carboxylic acids is 1. The van der Waals surface area contributed by atoms with E-state index in [1.807, 2.05) is 24.3 Å². The van der Waals surface area contributed by atoms with E-state index in [1.165, 1.54) is 28.4 Å². The van der Waals surface area contributed by atoms with Crippen LogP contribution in [0.1, 0.15) is 16.1 Å². The Bertz CT molecular complexity index is 1190. The molecule has 8 heteroatoms. The summed E-state index contributed by atoms with van der Waals surface area (Å²) < 4.78 is 14.7. The SMILES string of the molecule is Cc1cc(C(=O)N(C)c2nnc(-c3ccc(Br)cc3)s2)c2cc(F)ccc2n1. The molecule has 2 heterocycles. The van der Waals surface area contributed by atoms with Gasteiger partial charge in [0.25, 0.3) is 5.91 Å². The third-order valence-corrected chi connectivity index (χ3v) is 5.80. The predicted octanol–water partition coefficient (Wildman–Crippen LogP) is 5.24. The number of hydrogen-bond donors (Lipinski definition) is 0. The number of benzene rings is 2. The minimum Gasteiger partial charge on any atom is -0.286 e. The molecule has 0 aliphatic rings. The number of nitrogens with zero attached hydrogens (tertiary/aromatic N) is 4. The molecule has 0 radical (unpaired) electrons. The van der Waals surface area contributed by atoms with Crippen LogP contribution >= 0.6 is 27.3 Å². The summed E-state index contributed by atoms with van der Waals surface area (Å²) in [6.07, 6.45) is 0. The molecule has 4 aromatic rings. The third kappa shape index (κ3) is 3.53. The number of aromatic nitrogens is 3. The van der Waals surface area contributed by atoms with E-state index in [4.69, 9.17) is 0 Å². The van der Waals surface area contributed by atoms with Gasteiger partial charge in [-0.15, -0.1) is 10.2 Å². The van der Waals surface area contributed by atoms with Crippen molar-refractivity contribution in [1.82, 2.24) is 15.2 Å². The second kappa shape index (κ2) is 7.37. The highest BCUT2D eigenvalue weighted by Crippen LogP contribution is 2.30. The number of carbonyl (C=O) groups is 1. The van der Waals surface area contributed by atoms with Crippen LogP contribution in [0.2, 0.25) is 0 Å². The lowest BCUT2D eigenvalue weighted by Gasteiger charge is -2.15. The van der Waals surface area contributed by atoms with Gasteiger partial charge in [0.05, 0.1) is 11.1 Å². The summed E-state index contributed by atoms with van der Waals surface area (Å²) >= 11 is 4.72. The summed E-state index contributed by atoms with van der Waals surface area (Å²) in [5.41, 5.74) is 2.56. The van der Waals surface area contributed by atoms with E-state index < -0.39 is 5.82 Å². The summed E-state index contributed by atoms with van der Waals surface area (Å²) in [4.78, 5) is 18.9. The highest BCUT2D eigenvalue weighted by atomic mass is 79.9. The zero-order valence-electron chi connectivity index (χ0n) is 15.0. The molecule has 1 amide bonds. The maximum Gasteiger partial charge on any atom is 0.260 e. The molecule has 0 aliphatic carbocycles. The van der Waals surface area contributed by atoms with E-state index in [2.05, 4.69) is 31.1 Å². The lowest BCUT2D eigenvalue weighted by molar-refractivity contribution is 0.0994. The van der Waals surface area contributed by atoms with Crippen molar-refractivity contribution in [2.75, 3.05) is 11.9 Å². The van der Waals surface area contributed by atoms with E-state index in [0.29, 0.717) is 32.3 Å². The monoisotopic (exact) mass is 456 g/mol. The van der Waals surface area contributed by atoms with Crippen LogP contribution in [-0.2, 0) is 0 Å². The molecule has 0 aliphatic heterocycles. The lowest BCUT2D eigenvalue weighted by Crippen LogP contribution is -2.26. The molecule has 5 nitrogen and oxygen atoms in total. The minimum absolute atomic E-state index is 0.292. The Balaban J connectivity index is 1.70. The van der Waals surface area contributed by atoms with Crippen LogP contribution in [0.4, 0.5) is 9.52 Å². The standard InChI is InChI=1S/C20H14BrFN4OS/c1-11-9-16(15-10-14(22)7-8-17(15)23-11)19(27)26(2)20-25-24-18(28-20)12-3-5-13(21)6-4-12/h3-10H,1-2H3. The van der Waals surface area contributed by atoms with Crippen LogP contribution in [-0.4, -0.2) is 28.1 Å². The van der Waals surface area contributed by atoms with Crippen molar-refractivity contribution in [3.05, 3.63) is 70.1 Å². The molecule has 140 valence electrons. The van der Waals surface area contributed by atoms with Crippen LogP contribution in [0.15, 0.2) is 53.0 Å². The van der Waals surface area contributed by atoms with Gasteiger partial charge < -0.3 is 0 Å². The minimum atomic E-state index is -0.414. The van der Waals surface area contributed by atoms with Gasteiger partial charge in [-0.2, -0.15) is 0 Å². The summed E-state index contributed by atoms with van der Waals surface area (Å²) in [5, 5.41) is 9.99. The Morgan fingerprint density at radius 2 is 1.86 bits per heavy atom. The lowest BCUT2D eigenvalue weighted by atomic mass is 10.1. The summed E-state index contributed by atoms with van der Waals surface area (Å²) in [5.74, 6) is -0.706. The number of pyridine rings is 1. The van der Waals surface area contributed by atoms with Crippen LogP contribution < -0.4 is 4.90 Å². The number of aryl methyl sites for hydroxylation is 1. The Labute approximate surface area is 173 Å². The normalized spacial score (nSPS) is 11.0. The van der Waals surface area contributed by atoms with E-state index in [-0.39, 0.29) is 5.91 Å². The van der Waals surface area contributed by atoms with Gasteiger partial charge in [-0.1, -0.05) is 39.4 Å². The molecule has 0 spiro atoms. The number of halogens is 2. The maximum atomic E-state index is 13.7. The topological polar surface area (TPSA) is 59.0 Å². The number of rotatable bonds is 3. The van der Waals surface area contributed by atoms with Crippen LogP contribution in [0, 0.1) is 12.7 Å². The van der Waals surface area contributed by atoms with Crippen molar-refractivity contribution in [3.63, 3.8) is 0 Å². The van der Waals surface area contributed by atoms with Gasteiger partial charge in [0.1, 0.15) is 10.8 Å². The molecule has 0 N–H and O–H groups in total. The fourth-order valence-corrected chi connectivity index (χ4v) is 3.91. The van der Waals surface area contributed by atoms with Crippen molar-refractivity contribution < 1.29 is 9.18 Å². The Morgan fingerprint density at radius 1 is 1.11 bits per heavy atom. The van der Waals surface area contributed by atoms with Crippen LogP contribution in [0.5, 0.6) is 0 Å². The molecule has 0 saturated carbocycles. The van der Waals surface area contributed by atoms with E-state index in [9.17, 15) is 9.18 Å². The summed E-state index contributed by atoms with van der Waals surface area (Å²) in [6, 6.07) is 13.6. The molecule has 28 heavy (non-hydrogen) atoms. The fraction of sp³-hybridized carbons (Fsp3) is 0.100. The Kier molecular flexibility index (Phi) is 4.91. The molecular weight excluding hydrogens is 443 g/mol. The summed E-state index contributed by atoms with van der Waals surface area (Å²) in [6.45, 7) is 1.80. The highest BCUT2D eigenvalue weighted by Gasteiger charge is 2.21. The second-order valence-corrected chi connectivity index (χ2v) is 8.11. The number of anilines is 1. The smallest absolute Gasteiger partial charge is 0.260 e. The van der Waals surface area contributed by atoms with Crippen molar-refractivity contribution in [1.29, 1.82) is 0 Å². The van der Waals surface area contributed by atoms with Gasteiger partial charge in [0.2, 0.25) is 5.13 Å². The zero-order chi connectivity index (χ0) is 19.8. The van der Waals surface area contributed by atoms with Crippen LogP contribution in [0.3, 0.4) is 0 Å². The average Bonchev–Trinajstić information content (AvgIpc) is 3.17. The largest absolute Gasteiger partial charge is 0.286 e. The highest BCUT2D eigenvalue weighted by molar-refractivity contribution is 9.10. The fourth-order valence-electron chi connectivity index (χ4n) is 2.84. The number of amides is 1. The van der Waals surface area contributed by atoms with Crippen molar-refractivity contribution in [2.45, 2.75) is 6.92 Å². The van der Waals surface area contributed by atoms with Crippen LogP contribution in [0.25, 0.3) is 21.5 Å². The molecule has 2 aromatic heterocycles. The van der Waals surface area contributed by atoms with E-state index in [0.717, 1.165) is 10.0 Å². The van der Waals surface area contributed by atoms with Crippen molar-refractivity contribution in [2.24, 2.45) is 0 Å². The van der Waals surface area contributed by atoms with Crippen molar-refractivity contribution in [3.8, 4) is 10.6 Å². The van der Waals surface area contributed by atoms with E-state index >= 15 is 0 Å². The summed E-state index contributed by atoms with van der Waals surface area (Å²) in [7, 11) is 1.63. The number of hydrogen-bond acceptors (Lipinski definition) is 5. The van der Waals surface area contributed by atoms with Gasteiger partial charge in [-0.05, 0) is 43.3 Å². The molecule has 0 bridgehead atoms. The average molecular weight is 457 g/mol. The quantitative estimate of drug-likeness (QED) is 0.422. The zero-order valence-corrected chi connectivity index (χ0v) is 17.4.